The van der Waals surface area contributed by atoms with Crippen molar-refractivity contribution in [2.24, 2.45) is 5.73 Å². The average molecular weight is 271 g/mol. The molecule has 0 bridgehead atoms. The minimum absolute atomic E-state index is 0.495. The fraction of sp³-hybridized carbons (Fsp3) is 0.294. The molecular weight excluding hydrogens is 250 g/mol. The Morgan fingerprint density at radius 3 is 2.15 bits per heavy atom. The molecular formula is C17H21NO2. The van der Waals surface area contributed by atoms with Crippen molar-refractivity contribution in [1.82, 2.24) is 0 Å². The molecule has 2 rings (SSSR count). The van der Waals surface area contributed by atoms with E-state index in [4.69, 9.17) is 15.2 Å². The van der Waals surface area contributed by atoms with E-state index in [1.165, 1.54) is 5.56 Å². The standard InChI is InChI=1S/C17H21NO2/c1-3-13-4-6-14(7-5-13)12-20-16-9-8-15(11-18)10-17(16)19-2/h4-10H,3,11-12,18H2,1-2H3. The van der Waals surface area contributed by atoms with Gasteiger partial charge in [0.15, 0.2) is 11.5 Å². The zero-order valence-electron chi connectivity index (χ0n) is 12.1. The van der Waals surface area contributed by atoms with Gasteiger partial charge in [0, 0.05) is 6.54 Å². The van der Waals surface area contributed by atoms with Crippen LogP contribution >= 0.6 is 0 Å². The first kappa shape index (κ1) is 14.4. The predicted octanol–water partition coefficient (Wildman–Crippen LogP) is 3.30. The zero-order chi connectivity index (χ0) is 14.4. The third kappa shape index (κ3) is 3.52. The third-order valence-electron chi connectivity index (χ3n) is 3.29. The summed E-state index contributed by atoms with van der Waals surface area (Å²) in [6.07, 6.45) is 1.05. The van der Waals surface area contributed by atoms with E-state index in [-0.39, 0.29) is 0 Å². The summed E-state index contributed by atoms with van der Waals surface area (Å²) in [7, 11) is 1.64. The summed E-state index contributed by atoms with van der Waals surface area (Å²) in [5.74, 6) is 1.46. The monoisotopic (exact) mass is 271 g/mol. The first-order valence-corrected chi connectivity index (χ1v) is 6.84. The van der Waals surface area contributed by atoms with Crippen LogP contribution in [0.4, 0.5) is 0 Å². The Morgan fingerprint density at radius 2 is 1.55 bits per heavy atom. The number of methoxy groups -OCH3 is 1. The van der Waals surface area contributed by atoms with Gasteiger partial charge < -0.3 is 15.2 Å². The molecule has 0 aliphatic heterocycles. The Hall–Kier alpha value is -2.00. The zero-order valence-corrected chi connectivity index (χ0v) is 12.1. The van der Waals surface area contributed by atoms with Crippen molar-refractivity contribution in [1.29, 1.82) is 0 Å². The van der Waals surface area contributed by atoms with Crippen LogP contribution in [0.15, 0.2) is 42.5 Å². The molecule has 0 atom stereocenters. The van der Waals surface area contributed by atoms with Crippen LogP contribution in [0.5, 0.6) is 11.5 Å². The van der Waals surface area contributed by atoms with Crippen molar-refractivity contribution in [3.8, 4) is 11.5 Å². The molecule has 2 aromatic carbocycles. The SMILES string of the molecule is CCc1ccc(COc2ccc(CN)cc2OC)cc1. The van der Waals surface area contributed by atoms with Gasteiger partial charge in [0.1, 0.15) is 6.61 Å². The second-order valence-corrected chi connectivity index (χ2v) is 4.65. The molecule has 20 heavy (non-hydrogen) atoms. The summed E-state index contributed by atoms with van der Waals surface area (Å²) < 4.78 is 11.2. The van der Waals surface area contributed by atoms with Gasteiger partial charge in [-0.15, -0.1) is 0 Å². The lowest BCUT2D eigenvalue weighted by Gasteiger charge is -2.12. The third-order valence-corrected chi connectivity index (χ3v) is 3.29. The molecule has 0 amide bonds. The number of ether oxygens (including phenoxy) is 2. The van der Waals surface area contributed by atoms with E-state index in [2.05, 4.69) is 31.2 Å². The summed E-state index contributed by atoms with van der Waals surface area (Å²) in [4.78, 5) is 0. The van der Waals surface area contributed by atoms with Gasteiger partial charge in [0.05, 0.1) is 7.11 Å². The molecule has 2 aromatic rings. The Bertz CT molecular complexity index is 549. The lowest BCUT2D eigenvalue weighted by Crippen LogP contribution is -2.00. The van der Waals surface area contributed by atoms with Crippen LogP contribution in [0, 0.1) is 0 Å². The lowest BCUT2D eigenvalue weighted by atomic mass is 10.1. The maximum atomic E-state index is 5.82. The van der Waals surface area contributed by atoms with Crippen LogP contribution in [-0.4, -0.2) is 7.11 Å². The van der Waals surface area contributed by atoms with E-state index in [0.29, 0.717) is 13.2 Å². The molecule has 0 saturated heterocycles. The summed E-state index contributed by atoms with van der Waals surface area (Å²) in [6, 6.07) is 14.2. The fourth-order valence-corrected chi connectivity index (χ4v) is 1.99. The van der Waals surface area contributed by atoms with Gasteiger partial charge in [-0.1, -0.05) is 37.3 Å². The van der Waals surface area contributed by atoms with Crippen molar-refractivity contribution < 1.29 is 9.47 Å². The Labute approximate surface area is 120 Å². The van der Waals surface area contributed by atoms with E-state index in [1.807, 2.05) is 18.2 Å². The summed E-state index contributed by atoms with van der Waals surface area (Å²) >= 11 is 0. The van der Waals surface area contributed by atoms with Crippen LogP contribution in [-0.2, 0) is 19.6 Å². The summed E-state index contributed by atoms with van der Waals surface area (Å²) in [5.41, 5.74) is 9.13. The van der Waals surface area contributed by atoms with E-state index in [0.717, 1.165) is 29.0 Å². The highest BCUT2D eigenvalue weighted by molar-refractivity contribution is 5.43. The maximum Gasteiger partial charge on any atom is 0.161 e. The largest absolute Gasteiger partial charge is 0.493 e. The van der Waals surface area contributed by atoms with Crippen LogP contribution < -0.4 is 15.2 Å². The quantitative estimate of drug-likeness (QED) is 0.876. The molecule has 0 fully saturated rings. The van der Waals surface area contributed by atoms with Gasteiger partial charge in [-0.3, -0.25) is 0 Å². The molecule has 0 radical (unpaired) electrons. The van der Waals surface area contributed by atoms with Crippen molar-refractivity contribution in [3.63, 3.8) is 0 Å². The van der Waals surface area contributed by atoms with E-state index < -0.39 is 0 Å². The van der Waals surface area contributed by atoms with Gasteiger partial charge in [-0.2, -0.15) is 0 Å². The molecule has 0 aliphatic rings. The van der Waals surface area contributed by atoms with Crippen LogP contribution in [0.25, 0.3) is 0 Å². The van der Waals surface area contributed by atoms with E-state index in [1.54, 1.807) is 7.11 Å². The molecule has 3 nitrogen and oxygen atoms in total. The number of hydrogen-bond acceptors (Lipinski definition) is 3. The second-order valence-electron chi connectivity index (χ2n) is 4.65. The van der Waals surface area contributed by atoms with Gasteiger partial charge in [-0.05, 0) is 35.2 Å². The van der Waals surface area contributed by atoms with E-state index in [9.17, 15) is 0 Å². The average Bonchev–Trinajstić information content (AvgIpc) is 2.53. The molecule has 0 heterocycles. The van der Waals surface area contributed by atoms with Crippen molar-refractivity contribution >= 4 is 0 Å². The Kier molecular flexibility index (Phi) is 5.02. The van der Waals surface area contributed by atoms with Crippen molar-refractivity contribution in [3.05, 3.63) is 59.2 Å². The van der Waals surface area contributed by atoms with Crippen molar-refractivity contribution in [2.75, 3.05) is 7.11 Å². The normalized spacial score (nSPS) is 10.3. The molecule has 0 spiro atoms. The summed E-state index contributed by atoms with van der Waals surface area (Å²) in [5, 5.41) is 0. The number of hydrogen-bond donors (Lipinski definition) is 1. The Morgan fingerprint density at radius 1 is 0.900 bits per heavy atom. The highest BCUT2D eigenvalue weighted by atomic mass is 16.5. The molecule has 106 valence electrons. The molecule has 0 aliphatic carbocycles. The van der Waals surface area contributed by atoms with Gasteiger partial charge >= 0.3 is 0 Å². The minimum Gasteiger partial charge on any atom is -0.493 e. The predicted molar refractivity (Wildman–Crippen MR) is 81.0 cm³/mol. The summed E-state index contributed by atoms with van der Waals surface area (Å²) in [6.45, 7) is 3.17. The molecule has 3 heteroatoms. The number of aryl methyl sites for hydroxylation is 1. The minimum atomic E-state index is 0.495. The molecule has 0 aromatic heterocycles. The number of rotatable bonds is 6. The molecule has 2 N–H and O–H groups in total. The van der Waals surface area contributed by atoms with Crippen LogP contribution in [0.1, 0.15) is 23.6 Å². The number of benzene rings is 2. The van der Waals surface area contributed by atoms with Crippen molar-refractivity contribution in [2.45, 2.75) is 26.5 Å². The van der Waals surface area contributed by atoms with Gasteiger partial charge in [0.2, 0.25) is 0 Å². The molecule has 0 saturated carbocycles. The second kappa shape index (κ2) is 6.96. The van der Waals surface area contributed by atoms with Gasteiger partial charge in [-0.25, -0.2) is 0 Å². The highest BCUT2D eigenvalue weighted by Crippen LogP contribution is 2.28. The number of nitrogens with two attached hydrogens (primary N) is 1. The first-order valence-electron chi connectivity index (χ1n) is 6.84. The van der Waals surface area contributed by atoms with E-state index >= 15 is 0 Å². The topological polar surface area (TPSA) is 44.5 Å². The lowest BCUT2D eigenvalue weighted by molar-refractivity contribution is 0.284. The van der Waals surface area contributed by atoms with Crippen LogP contribution in [0.3, 0.4) is 0 Å². The van der Waals surface area contributed by atoms with Gasteiger partial charge in [0.25, 0.3) is 0 Å². The Balaban J connectivity index is 2.05. The molecule has 0 unspecified atom stereocenters. The van der Waals surface area contributed by atoms with Crippen LogP contribution in [0.2, 0.25) is 0 Å². The fourth-order valence-electron chi connectivity index (χ4n) is 1.99. The maximum absolute atomic E-state index is 5.82. The first-order chi connectivity index (χ1) is 9.76. The highest BCUT2D eigenvalue weighted by Gasteiger charge is 2.05. The smallest absolute Gasteiger partial charge is 0.161 e.